The number of carbonyl (C=O) groups excluding carboxylic acids is 2. The molecule has 4 heterocycles. The van der Waals surface area contributed by atoms with Gasteiger partial charge in [0.25, 0.3) is 5.91 Å². The number of hydrogen-bond acceptors (Lipinski definition) is 6. The molecule has 9 heteroatoms. The topological polar surface area (TPSA) is 80.1 Å². The molecule has 1 aliphatic rings. The first-order valence-electron chi connectivity index (χ1n) is 11.0. The lowest BCUT2D eigenvalue weighted by Crippen LogP contribution is -2.44. The van der Waals surface area contributed by atoms with Crippen LogP contribution < -0.4 is 5.32 Å². The molecule has 4 aromatic rings. The first-order chi connectivity index (χ1) is 16.3. The van der Waals surface area contributed by atoms with Crippen LogP contribution in [-0.4, -0.2) is 49.2 Å². The number of nitrogens with one attached hydrogen (secondary N) is 1. The molecule has 0 spiro atoms. The van der Waals surface area contributed by atoms with Crippen molar-refractivity contribution in [2.24, 2.45) is 7.05 Å². The van der Waals surface area contributed by atoms with Gasteiger partial charge in [0.05, 0.1) is 33.1 Å². The van der Waals surface area contributed by atoms with Gasteiger partial charge in [-0.3, -0.25) is 14.3 Å². The summed E-state index contributed by atoms with van der Waals surface area (Å²) in [7, 11) is 1.83. The van der Waals surface area contributed by atoms with E-state index in [9.17, 15) is 9.59 Å². The van der Waals surface area contributed by atoms with Crippen LogP contribution >= 0.6 is 23.1 Å². The minimum Gasteiger partial charge on any atom is -0.324 e. The molecular formula is C25H25N5O2S2. The van der Waals surface area contributed by atoms with Crippen LogP contribution in [0.5, 0.6) is 0 Å². The summed E-state index contributed by atoms with van der Waals surface area (Å²) in [4.78, 5) is 34.5. The number of anilines is 1. The molecule has 1 aliphatic heterocycles. The quantitative estimate of drug-likeness (QED) is 0.445. The van der Waals surface area contributed by atoms with Gasteiger partial charge in [-0.2, -0.15) is 5.10 Å². The van der Waals surface area contributed by atoms with Crippen molar-refractivity contribution in [3.63, 3.8) is 0 Å². The number of aryl methyl sites for hydroxylation is 4. The Kier molecular flexibility index (Phi) is 5.91. The fourth-order valence-electron chi connectivity index (χ4n) is 4.22. The molecule has 0 radical (unpaired) electrons. The number of carbonyl (C=O) groups is 2. The lowest BCUT2D eigenvalue weighted by atomic mass is 10.1. The van der Waals surface area contributed by atoms with Crippen LogP contribution in [0.4, 0.5) is 5.69 Å². The largest absolute Gasteiger partial charge is 0.324 e. The zero-order valence-electron chi connectivity index (χ0n) is 19.5. The summed E-state index contributed by atoms with van der Waals surface area (Å²) in [6, 6.07) is 11.1. The van der Waals surface area contributed by atoms with E-state index < -0.39 is 6.04 Å². The molecule has 0 bridgehead atoms. The summed E-state index contributed by atoms with van der Waals surface area (Å²) in [6.45, 7) is 5.94. The lowest BCUT2D eigenvalue weighted by molar-refractivity contribution is -0.119. The zero-order valence-corrected chi connectivity index (χ0v) is 21.1. The Balaban J connectivity index is 1.50. The van der Waals surface area contributed by atoms with E-state index in [0.717, 1.165) is 32.9 Å². The predicted octanol–water partition coefficient (Wildman–Crippen LogP) is 4.78. The lowest BCUT2D eigenvalue weighted by Gasteiger charge is -2.24. The molecule has 1 fully saturated rings. The Morgan fingerprint density at radius 3 is 2.68 bits per heavy atom. The second-order valence-corrected chi connectivity index (χ2v) is 10.5. The van der Waals surface area contributed by atoms with Crippen LogP contribution in [0.1, 0.15) is 27.2 Å². The molecule has 0 aliphatic carbocycles. The third kappa shape index (κ3) is 3.99. The molecule has 5 rings (SSSR count). The number of thioether (sulfide) groups is 1. The van der Waals surface area contributed by atoms with Crippen LogP contribution in [0.25, 0.3) is 21.6 Å². The van der Waals surface area contributed by atoms with E-state index in [1.54, 1.807) is 32.7 Å². The number of fused-ring (bicyclic) bond motifs is 1. The van der Waals surface area contributed by atoms with Crippen molar-refractivity contribution in [1.82, 2.24) is 19.7 Å². The maximum atomic E-state index is 13.9. The first-order valence-corrected chi connectivity index (χ1v) is 13.0. The number of thiophene rings is 1. The molecule has 1 N–H and O–H groups in total. The van der Waals surface area contributed by atoms with E-state index >= 15 is 0 Å². The number of amides is 2. The average Bonchev–Trinajstić information content (AvgIpc) is 3.56. The Bertz CT molecular complexity index is 1410. The fraction of sp³-hybridized carbons (Fsp3) is 0.280. The van der Waals surface area contributed by atoms with Crippen molar-refractivity contribution in [2.45, 2.75) is 26.8 Å². The third-order valence-corrected chi connectivity index (χ3v) is 8.10. The second kappa shape index (κ2) is 8.88. The zero-order chi connectivity index (χ0) is 24.0. The average molecular weight is 492 g/mol. The highest BCUT2D eigenvalue weighted by Crippen LogP contribution is 2.32. The van der Waals surface area contributed by atoms with E-state index in [1.807, 2.05) is 69.6 Å². The third-order valence-electron chi connectivity index (χ3n) is 6.19. The van der Waals surface area contributed by atoms with Crippen molar-refractivity contribution in [1.29, 1.82) is 0 Å². The smallest absolute Gasteiger partial charge is 0.256 e. The van der Waals surface area contributed by atoms with Crippen molar-refractivity contribution in [2.75, 3.05) is 16.9 Å². The Morgan fingerprint density at radius 1 is 1.12 bits per heavy atom. The molecule has 7 nitrogen and oxygen atoms in total. The van der Waals surface area contributed by atoms with Crippen LogP contribution in [0.2, 0.25) is 0 Å². The van der Waals surface area contributed by atoms with Gasteiger partial charge < -0.3 is 10.2 Å². The maximum Gasteiger partial charge on any atom is 0.256 e. The summed E-state index contributed by atoms with van der Waals surface area (Å²) in [6.07, 6.45) is 0. The standard InChI is InChI=1S/C25H25N5O2S2/c1-14-7-8-17(10-15(14)2)26-24(31)20-12-33-13-30(20)25(32)18-11-19(21-6-5-9-34-21)27-23-22(18)16(3)28-29(23)4/h5-11,20H,12-13H2,1-4H3,(H,26,31). The van der Waals surface area contributed by atoms with Crippen LogP contribution in [0.3, 0.4) is 0 Å². The van der Waals surface area contributed by atoms with E-state index in [-0.39, 0.29) is 11.8 Å². The van der Waals surface area contributed by atoms with Gasteiger partial charge in [0, 0.05) is 18.5 Å². The van der Waals surface area contributed by atoms with Gasteiger partial charge in [-0.05, 0) is 61.5 Å². The molecule has 1 aromatic carbocycles. The highest BCUT2D eigenvalue weighted by atomic mass is 32.2. The van der Waals surface area contributed by atoms with Gasteiger partial charge in [-0.15, -0.1) is 23.1 Å². The van der Waals surface area contributed by atoms with Gasteiger partial charge >= 0.3 is 0 Å². The van der Waals surface area contributed by atoms with E-state index in [1.165, 1.54) is 5.56 Å². The molecule has 2 amide bonds. The molecular weight excluding hydrogens is 466 g/mol. The Hall–Kier alpha value is -3.17. The normalized spacial score (nSPS) is 15.8. The minimum atomic E-state index is -0.551. The van der Waals surface area contributed by atoms with Crippen molar-refractivity contribution in [3.8, 4) is 10.6 Å². The molecule has 1 unspecified atom stereocenters. The van der Waals surface area contributed by atoms with Gasteiger partial charge in [-0.1, -0.05) is 12.1 Å². The number of hydrogen-bond donors (Lipinski definition) is 1. The van der Waals surface area contributed by atoms with E-state index in [0.29, 0.717) is 22.8 Å². The molecule has 0 saturated carbocycles. The molecule has 34 heavy (non-hydrogen) atoms. The summed E-state index contributed by atoms with van der Waals surface area (Å²) in [5.74, 6) is 0.668. The van der Waals surface area contributed by atoms with Crippen LogP contribution in [-0.2, 0) is 11.8 Å². The van der Waals surface area contributed by atoms with Crippen LogP contribution in [0, 0.1) is 20.8 Å². The van der Waals surface area contributed by atoms with Crippen molar-refractivity contribution in [3.05, 3.63) is 64.2 Å². The van der Waals surface area contributed by atoms with E-state index in [2.05, 4.69) is 10.4 Å². The maximum absolute atomic E-state index is 13.9. The fourth-order valence-corrected chi connectivity index (χ4v) is 6.06. The van der Waals surface area contributed by atoms with Gasteiger partial charge in [0.1, 0.15) is 6.04 Å². The molecule has 3 aromatic heterocycles. The Morgan fingerprint density at radius 2 is 1.94 bits per heavy atom. The highest BCUT2D eigenvalue weighted by molar-refractivity contribution is 7.99. The SMILES string of the molecule is Cc1ccc(NC(=O)C2CSCN2C(=O)c2cc(-c3cccs3)nc3c2c(C)nn3C)cc1C. The predicted molar refractivity (Wildman–Crippen MR) is 138 cm³/mol. The van der Waals surface area contributed by atoms with Crippen LogP contribution in [0.15, 0.2) is 41.8 Å². The number of benzene rings is 1. The summed E-state index contributed by atoms with van der Waals surface area (Å²) in [5, 5.41) is 10.2. The molecule has 174 valence electrons. The monoisotopic (exact) mass is 491 g/mol. The van der Waals surface area contributed by atoms with Gasteiger partial charge in [0.2, 0.25) is 5.91 Å². The number of rotatable bonds is 4. The summed E-state index contributed by atoms with van der Waals surface area (Å²) >= 11 is 3.16. The number of pyridine rings is 1. The first kappa shape index (κ1) is 22.6. The van der Waals surface area contributed by atoms with Gasteiger partial charge in [0.15, 0.2) is 5.65 Å². The second-order valence-electron chi connectivity index (χ2n) is 8.52. The molecule has 1 saturated heterocycles. The van der Waals surface area contributed by atoms with Gasteiger partial charge in [-0.25, -0.2) is 4.98 Å². The Labute approximate surface area is 206 Å². The van der Waals surface area contributed by atoms with Crippen molar-refractivity contribution >= 4 is 51.6 Å². The van der Waals surface area contributed by atoms with E-state index in [4.69, 9.17) is 4.98 Å². The number of aromatic nitrogens is 3. The summed E-state index contributed by atoms with van der Waals surface area (Å²) < 4.78 is 1.71. The summed E-state index contributed by atoms with van der Waals surface area (Å²) in [5.41, 5.74) is 5.69. The molecule has 1 atom stereocenters. The minimum absolute atomic E-state index is 0.173. The highest BCUT2D eigenvalue weighted by Gasteiger charge is 2.36. The van der Waals surface area contributed by atoms with Crippen molar-refractivity contribution < 1.29 is 9.59 Å². The number of nitrogens with zero attached hydrogens (tertiary/aromatic N) is 4.